The molecule has 0 atom stereocenters. The van der Waals surface area contributed by atoms with Gasteiger partial charge in [0.15, 0.2) is 0 Å². The fraction of sp³-hybridized carbons (Fsp3) is 0.467. The van der Waals surface area contributed by atoms with E-state index in [4.69, 9.17) is 18.9 Å². The minimum Gasteiger partial charge on any atom is -0.489 e. The fourth-order valence-electron chi connectivity index (χ4n) is 4.16. The van der Waals surface area contributed by atoms with Crippen LogP contribution in [0, 0.1) is 0 Å². The summed E-state index contributed by atoms with van der Waals surface area (Å²) in [7, 11) is 0. The molecule has 0 aliphatic carbocycles. The summed E-state index contributed by atoms with van der Waals surface area (Å²) < 4.78 is 24.0. The monoisotopic (exact) mass is 572 g/mol. The van der Waals surface area contributed by atoms with E-state index in [9.17, 15) is 9.59 Å². The first-order chi connectivity index (χ1) is 18.0. The van der Waals surface area contributed by atoms with Gasteiger partial charge in [-0.05, 0) is 31.0 Å². The zero-order chi connectivity index (χ0) is 26.5. The molecule has 0 saturated heterocycles. The van der Waals surface area contributed by atoms with Crippen LogP contribution in [0.2, 0.25) is 0 Å². The molecule has 0 heterocycles. The number of unbranched alkanes of at least 4 members (excludes halogenated alkanes) is 4. The SMILES string of the molecule is CCCCCC(=O)OCCOc1c2ccccc2c(OCCOC(=O)CCCCC)c2cc(Br)ccc12. The van der Waals surface area contributed by atoms with Crippen molar-refractivity contribution >= 4 is 49.4 Å². The van der Waals surface area contributed by atoms with Crippen LogP contribution >= 0.6 is 15.9 Å². The van der Waals surface area contributed by atoms with Crippen molar-refractivity contribution in [2.45, 2.75) is 65.2 Å². The lowest BCUT2D eigenvalue weighted by molar-refractivity contribution is -0.145. The lowest BCUT2D eigenvalue weighted by Gasteiger charge is -2.18. The maximum atomic E-state index is 11.9. The van der Waals surface area contributed by atoms with Crippen LogP contribution in [0.15, 0.2) is 46.9 Å². The zero-order valence-electron chi connectivity index (χ0n) is 21.9. The lowest BCUT2D eigenvalue weighted by Crippen LogP contribution is -2.13. The summed E-state index contributed by atoms with van der Waals surface area (Å²) in [5, 5.41) is 3.57. The largest absolute Gasteiger partial charge is 0.489 e. The molecule has 3 rings (SSSR count). The summed E-state index contributed by atoms with van der Waals surface area (Å²) in [6.07, 6.45) is 6.75. The van der Waals surface area contributed by atoms with Crippen LogP contribution < -0.4 is 9.47 Å². The van der Waals surface area contributed by atoms with E-state index < -0.39 is 0 Å². The average Bonchev–Trinajstić information content (AvgIpc) is 2.89. The highest BCUT2D eigenvalue weighted by Crippen LogP contribution is 2.43. The van der Waals surface area contributed by atoms with Crippen LogP contribution in [0.4, 0.5) is 0 Å². The third-order valence-corrected chi connectivity index (χ3v) is 6.53. The summed E-state index contributed by atoms with van der Waals surface area (Å²) in [5.41, 5.74) is 0. The van der Waals surface area contributed by atoms with Crippen molar-refractivity contribution in [1.82, 2.24) is 0 Å². The average molecular weight is 574 g/mol. The van der Waals surface area contributed by atoms with Gasteiger partial charge in [-0.15, -0.1) is 0 Å². The fourth-order valence-corrected chi connectivity index (χ4v) is 4.53. The summed E-state index contributed by atoms with van der Waals surface area (Å²) in [4.78, 5) is 23.9. The van der Waals surface area contributed by atoms with Crippen LogP contribution in [-0.2, 0) is 19.1 Å². The number of ether oxygens (including phenoxy) is 4. The first kappa shape index (κ1) is 28.8. The van der Waals surface area contributed by atoms with Gasteiger partial charge in [0, 0.05) is 38.9 Å². The molecular formula is C30H37BrO6. The number of carbonyl (C=O) groups excluding carboxylic acids is 2. The molecule has 0 aliphatic heterocycles. The molecule has 7 heteroatoms. The van der Waals surface area contributed by atoms with Crippen molar-refractivity contribution in [3.05, 3.63) is 46.9 Å². The minimum absolute atomic E-state index is 0.189. The van der Waals surface area contributed by atoms with Gasteiger partial charge in [0.05, 0.1) is 0 Å². The Labute approximate surface area is 227 Å². The van der Waals surface area contributed by atoms with E-state index in [-0.39, 0.29) is 38.4 Å². The third-order valence-electron chi connectivity index (χ3n) is 6.04. The number of esters is 2. The zero-order valence-corrected chi connectivity index (χ0v) is 23.4. The Morgan fingerprint density at radius 2 is 1.14 bits per heavy atom. The number of carbonyl (C=O) groups is 2. The molecule has 6 nitrogen and oxygen atoms in total. The first-order valence-corrected chi connectivity index (χ1v) is 14.0. The van der Waals surface area contributed by atoms with Gasteiger partial charge in [-0.25, -0.2) is 0 Å². The molecule has 3 aromatic rings. The molecule has 0 radical (unpaired) electrons. The molecule has 0 unspecified atom stereocenters. The highest BCUT2D eigenvalue weighted by molar-refractivity contribution is 9.10. The Morgan fingerprint density at radius 1 is 0.649 bits per heavy atom. The Morgan fingerprint density at radius 3 is 1.65 bits per heavy atom. The van der Waals surface area contributed by atoms with Gasteiger partial charge in [0.2, 0.25) is 0 Å². The van der Waals surface area contributed by atoms with E-state index in [2.05, 4.69) is 29.8 Å². The Hall–Kier alpha value is -2.80. The smallest absolute Gasteiger partial charge is 0.305 e. The van der Waals surface area contributed by atoms with Crippen LogP contribution in [0.5, 0.6) is 11.5 Å². The number of rotatable bonds is 16. The summed E-state index contributed by atoms with van der Waals surface area (Å²) in [6.45, 7) is 5.10. The topological polar surface area (TPSA) is 71.1 Å². The molecule has 0 fully saturated rings. The van der Waals surface area contributed by atoms with Crippen molar-refractivity contribution in [2.24, 2.45) is 0 Å². The Bertz CT molecular complexity index is 1180. The summed E-state index contributed by atoms with van der Waals surface area (Å²) >= 11 is 3.57. The molecule has 37 heavy (non-hydrogen) atoms. The van der Waals surface area contributed by atoms with Gasteiger partial charge in [-0.2, -0.15) is 0 Å². The molecule has 0 N–H and O–H groups in total. The van der Waals surface area contributed by atoms with Crippen LogP contribution in [0.3, 0.4) is 0 Å². The highest BCUT2D eigenvalue weighted by Gasteiger charge is 2.17. The van der Waals surface area contributed by atoms with Crippen molar-refractivity contribution < 1.29 is 28.5 Å². The molecule has 0 aliphatic rings. The van der Waals surface area contributed by atoms with E-state index in [1.807, 2.05) is 42.5 Å². The first-order valence-electron chi connectivity index (χ1n) is 13.3. The second-order valence-corrected chi connectivity index (χ2v) is 9.86. The molecular weight excluding hydrogens is 536 g/mol. The number of benzene rings is 3. The van der Waals surface area contributed by atoms with Crippen LogP contribution in [-0.4, -0.2) is 38.4 Å². The van der Waals surface area contributed by atoms with Crippen molar-refractivity contribution in [3.63, 3.8) is 0 Å². The summed E-state index contributed by atoms with van der Waals surface area (Å²) in [6, 6.07) is 13.8. The van der Waals surface area contributed by atoms with Gasteiger partial charge >= 0.3 is 11.9 Å². The predicted molar refractivity (Wildman–Crippen MR) is 150 cm³/mol. The predicted octanol–water partition coefficient (Wildman–Crippen LogP) is 7.76. The number of halogens is 1. The van der Waals surface area contributed by atoms with Gasteiger partial charge in [0.25, 0.3) is 0 Å². The number of hydrogen-bond acceptors (Lipinski definition) is 6. The summed E-state index contributed by atoms with van der Waals surface area (Å²) in [5.74, 6) is 1.05. The second kappa shape index (κ2) is 15.5. The third kappa shape index (κ3) is 8.63. The van der Waals surface area contributed by atoms with Gasteiger partial charge in [0.1, 0.15) is 37.9 Å². The highest BCUT2D eigenvalue weighted by atomic mass is 79.9. The van der Waals surface area contributed by atoms with E-state index in [1.165, 1.54) is 0 Å². The lowest BCUT2D eigenvalue weighted by atomic mass is 10.0. The molecule has 0 aromatic heterocycles. The van der Waals surface area contributed by atoms with Crippen LogP contribution in [0.25, 0.3) is 21.5 Å². The minimum atomic E-state index is -0.190. The molecule has 0 bridgehead atoms. The van der Waals surface area contributed by atoms with E-state index in [0.717, 1.165) is 70.3 Å². The van der Waals surface area contributed by atoms with Crippen LogP contribution in [0.1, 0.15) is 65.2 Å². The Balaban J connectivity index is 1.74. The number of hydrogen-bond donors (Lipinski definition) is 0. The maximum absolute atomic E-state index is 11.9. The normalized spacial score (nSPS) is 11.0. The van der Waals surface area contributed by atoms with Crippen molar-refractivity contribution in [2.75, 3.05) is 26.4 Å². The van der Waals surface area contributed by atoms with Gasteiger partial charge < -0.3 is 18.9 Å². The van der Waals surface area contributed by atoms with Crippen molar-refractivity contribution in [1.29, 1.82) is 0 Å². The standard InChI is InChI=1S/C30H37BrO6/c1-3-5-7-13-27(32)34-17-19-36-29-23-11-9-10-12-24(23)30(26-21-22(31)15-16-25(26)29)37-20-18-35-28(33)14-8-6-4-2/h9-12,15-16,21H,3-8,13-14,17-20H2,1-2H3. The molecule has 0 amide bonds. The quantitative estimate of drug-likeness (QED) is 0.0991. The molecule has 0 spiro atoms. The van der Waals surface area contributed by atoms with Gasteiger partial charge in [-0.3, -0.25) is 9.59 Å². The van der Waals surface area contributed by atoms with E-state index in [1.54, 1.807) is 0 Å². The molecule has 200 valence electrons. The van der Waals surface area contributed by atoms with E-state index in [0.29, 0.717) is 18.6 Å². The van der Waals surface area contributed by atoms with Gasteiger partial charge in [-0.1, -0.05) is 79.7 Å². The molecule has 0 saturated carbocycles. The van der Waals surface area contributed by atoms with Crippen molar-refractivity contribution in [3.8, 4) is 11.5 Å². The number of fused-ring (bicyclic) bond motifs is 2. The molecule has 3 aromatic carbocycles. The maximum Gasteiger partial charge on any atom is 0.305 e. The second-order valence-electron chi connectivity index (χ2n) is 8.95. The Kier molecular flexibility index (Phi) is 12.0. The van der Waals surface area contributed by atoms with E-state index >= 15 is 0 Å².